The molecule has 3 rings (SSSR count). The lowest BCUT2D eigenvalue weighted by atomic mass is 10.1. The summed E-state index contributed by atoms with van der Waals surface area (Å²) in [4.78, 5) is 16.1. The van der Waals surface area contributed by atoms with Crippen LogP contribution in [-0.4, -0.2) is 41.9 Å². The average molecular weight is 353 g/mol. The summed E-state index contributed by atoms with van der Waals surface area (Å²) in [5.74, 6) is 1.05. The number of amides is 1. The van der Waals surface area contributed by atoms with Crippen LogP contribution in [0.1, 0.15) is 23.1 Å². The molecule has 2 heterocycles. The number of nitrogens with zero attached hydrogens (tertiary/aromatic N) is 3. The highest BCUT2D eigenvalue weighted by atomic mass is 19.1. The van der Waals surface area contributed by atoms with Crippen LogP contribution in [0, 0.1) is 24.1 Å². The summed E-state index contributed by atoms with van der Waals surface area (Å²) in [5.41, 5.74) is 0.766. The molecule has 1 atom stereocenters. The Hall–Kier alpha value is -2.91. The normalized spacial score (nSPS) is 16.6. The van der Waals surface area contributed by atoms with Crippen molar-refractivity contribution in [2.45, 2.75) is 13.0 Å². The Kier molecular flexibility index (Phi) is 5.49. The van der Waals surface area contributed by atoms with Crippen LogP contribution in [-0.2, 0) is 4.79 Å². The highest BCUT2D eigenvalue weighted by molar-refractivity contribution is 5.91. The number of furan rings is 1. The van der Waals surface area contributed by atoms with E-state index >= 15 is 0 Å². The van der Waals surface area contributed by atoms with Crippen molar-refractivity contribution in [1.29, 1.82) is 5.26 Å². The number of halogens is 1. The Morgan fingerprint density at radius 1 is 1.19 bits per heavy atom. The second-order valence-corrected chi connectivity index (χ2v) is 6.23. The predicted molar refractivity (Wildman–Crippen MR) is 95.4 cm³/mol. The lowest BCUT2D eigenvalue weighted by Gasteiger charge is -2.36. The molecule has 134 valence electrons. The first-order valence-electron chi connectivity index (χ1n) is 8.49. The summed E-state index contributed by atoms with van der Waals surface area (Å²) in [6, 6.07) is 11.5. The van der Waals surface area contributed by atoms with E-state index < -0.39 is 6.04 Å². The van der Waals surface area contributed by atoms with Crippen molar-refractivity contribution in [1.82, 2.24) is 9.80 Å². The Bertz CT molecular complexity index is 827. The van der Waals surface area contributed by atoms with E-state index in [-0.39, 0.29) is 11.7 Å². The van der Waals surface area contributed by atoms with Gasteiger partial charge in [0.05, 0.1) is 6.07 Å². The Morgan fingerprint density at radius 2 is 1.88 bits per heavy atom. The number of carbonyl (C=O) groups is 1. The van der Waals surface area contributed by atoms with Gasteiger partial charge in [-0.3, -0.25) is 9.69 Å². The van der Waals surface area contributed by atoms with Crippen LogP contribution in [0.4, 0.5) is 4.39 Å². The largest absolute Gasteiger partial charge is 0.462 e. The molecule has 5 nitrogen and oxygen atoms in total. The van der Waals surface area contributed by atoms with Gasteiger partial charge in [-0.1, -0.05) is 12.1 Å². The van der Waals surface area contributed by atoms with E-state index in [9.17, 15) is 14.4 Å². The fourth-order valence-electron chi connectivity index (χ4n) is 3.01. The monoisotopic (exact) mass is 353 g/mol. The predicted octanol–water partition coefficient (Wildman–Crippen LogP) is 3.15. The van der Waals surface area contributed by atoms with E-state index in [2.05, 4.69) is 6.07 Å². The second kappa shape index (κ2) is 7.98. The van der Waals surface area contributed by atoms with Crippen LogP contribution in [0.15, 0.2) is 46.9 Å². The Labute approximate surface area is 151 Å². The maximum atomic E-state index is 13.1. The van der Waals surface area contributed by atoms with Crippen LogP contribution in [0.2, 0.25) is 0 Å². The molecule has 0 aliphatic carbocycles. The van der Waals surface area contributed by atoms with Crippen LogP contribution in [0.5, 0.6) is 0 Å². The fourth-order valence-corrected chi connectivity index (χ4v) is 3.01. The molecule has 0 saturated carbocycles. The first-order valence-corrected chi connectivity index (χ1v) is 8.49. The van der Waals surface area contributed by atoms with Crippen molar-refractivity contribution in [3.63, 3.8) is 0 Å². The Balaban J connectivity index is 1.57. The lowest BCUT2D eigenvalue weighted by molar-refractivity contribution is -0.127. The first-order chi connectivity index (χ1) is 12.6. The summed E-state index contributed by atoms with van der Waals surface area (Å²) in [5, 5.41) is 9.50. The Morgan fingerprint density at radius 3 is 2.46 bits per heavy atom. The molecule has 1 fully saturated rings. The minimum Gasteiger partial charge on any atom is -0.462 e. The molecule has 2 aromatic rings. The smallest absolute Gasteiger partial charge is 0.246 e. The van der Waals surface area contributed by atoms with Crippen LogP contribution < -0.4 is 0 Å². The summed E-state index contributed by atoms with van der Waals surface area (Å²) >= 11 is 0. The molecule has 1 aromatic heterocycles. The van der Waals surface area contributed by atoms with Crippen LogP contribution in [0.3, 0.4) is 0 Å². The third kappa shape index (κ3) is 4.19. The van der Waals surface area contributed by atoms with Gasteiger partial charge in [-0.05, 0) is 42.8 Å². The van der Waals surface area contributed by atoms with Crippen LogP contribution in [0.25, 0.3) is 6.08 Å². The molecule has 1 aliphatic heterocycles. The first kappa shape index (κ1) is 17.9. The molecule has 1 saturated heterocycles. The molecule has 0 bridgehead atoms. The van der Waals surface area contributed by atoms with Gasteiger partial charge < -0.3 is 9.32 Å². The summed E-state index contributed by atoms with van der Waals surface area (Å²) in [6.45, 7) is 4.12. The van der Waals surface area contributed by atoms with Crippen molar-refractivity contribution >= 4 is 12.0 Å². The van der Waals surface area contributed by atoms with Gasteiger partial charge in [-0.25, -0.2) is 4.39 Å². The lowest BCUT2D eigenvalue weighted by Crippen LogP contribution is -2.49. The molecule has 26 heavy (non-hydrogen) atoms. The highest BCUT2D eigenvalue weighted by Gasteiger charge is 2.26. The zero-order valence-electron chi connectivity index (χ0n) is 14.6. The second-order valence-electron chi connectivity index (χ2n) is 6.23. The van der Waals surface area contributed by atoms with Gasteiger partial charge in [0.1, 0.15) is 23.4 Å². The van der Waals surface area contributed by atoms with Gasteiger partial charge in [0.2, 0.25) is 5.91 Å². The van der Waals surface area contributed by atoms with Crippen LogP contribution >= 0.6 is 0 Å². The maximum absolute atomic E-state index is 13.1. The number of nitriles is 1. The minimum atomic E-state index is -0.436. The highest BCUT2D eigenvalue weighted by Crippen LogP contribution is 2.22. The van der Waals surface area contributed by atoms with E-state index in [1.165, 1.54) is 18.2 Å². The fraction of sp³-hybridized carbons (Fsp3) is 0.300. The summed E-state index contributed by atoms with van der Waals surface area (Å²) < 4.78 is 18.5. The van der Waals surface area contributed by atoms with Gasteiger partial charge in [0.15, 0.2) is 0 Å². The molecule has 1 aliphatic rings. The zero-order chi connectivity index (χ0) is 18.5. The number of hydrogen-bond donors (Lipinski definition) is 0. The van der Waals surface area contributed by atoms with E-state index in [0.717, 1.165) is 11.3 Å². The van der Waals surface area contributed by atoms with Crippen molar-refractivity contribution in [2.75, 3.05) is 26.2 Å². The number of carbonyl (C=O) groups excluding carboxylic acids is 1. The average Bonchev–Trinajstić information content (AvgIpc) is 3.08. The number of hydrogen-bond acceptors (Lipinski definition) is 4. The minimum absolute atomic E-state index is 0.0750. The van der Waals surface area contributed by atoms with Crippen molar-refractivity contribution in [2.24, 2.45) is 0 Å². The number of benzene rings is 1. The maximum Gasteiger partial charge on any atom is 0.246 e. The quantitative estimate of drug-likeness (QED) is 0.792. The molecule has 6 heteroatoms. The van der Waals surface area contributed by atoms with E-state index in [0.29, 0.717) is 31.9 Å². The third-order valence-corrected chi connectivity index (χ3v) is 4.45. The zero-order valence-corrected chi connectivity index (χ0v) is 14.6. The topological polar surface area (TPSA) is 60.5 Å². The van der Waals surface area contributed by atoms with Crippen molar-refractivity contribution < 1.29 is 13.6 Å². The van der Waals surface area contributed by atoms with Gasteiger partial charge in [0.25, 0.3) is 0 Å². The molecule has 0 radical (unpaired) electrons. The molecule has 1 unspecified atom stereocenters. The molecular weight excluding hydrogens is 333 g/mol. The molecule has 0 spiro atoms. The molecule has 1 amide bonds. The molecule has 1 aromatic carbocycles. The van der Waals surface area contributed by atoms with E-state index in [1.807, 2.05) is 24.0 Å². The number of rotatable bonds is 4. The van der Waals surface area contributed by atoms with Gasteiger partial charge in [-0.2, -0.15) is 5.26 Å². The van der Waals surface area contributed by atoms with Crippen molar-refractivity contribution in [3.8, 4) is 6.07 Å². The third-order valence-electron chi connectivity index (χ3n) is 4.45. The number of aryl methyl sites for hydroxylation is 1. The van der Waals surface area contributed by atoms with Gasteiger partial charge >= 0.3 is 0 Å². The summed E-state index contributed by atoms with van der Waals surface area (Å²) in [7, 11) is 0. The SMILES string of the molecule is Cc1ccc(C=CC(=O)N2CCN(C(C#N)c3ccc(F)cc3)CC2)o1. The van der Waals surface area contributed by atoms with E-state index in [4.69, 9.17) is 4.42 Å². The van der Waals surface area contributed by atoms with Crippen molar-refractivity contribution in [3.05, 3.63) is 65.4 Å². The van der Waals surface area contributed by atoms with E-state index in [1.54, 1.807) is 23.1 Å². The standard InChI is InChI=1S/C20H20FN3O2/c1-15-2-7-18(26-15)8-9-20(25)24-12-10-23(11-13-24)19(14-22)16-3-5-17(21)6-4-16/h2-9,19H,10-13H2,1H3. The van der Waals surface area contributed by atoms with Gasteiger partial charge in [-0.15, -0.1) is 0 Å². The number of piperazine rings is 1. The molecular formula is C20H20FN3O2. The summed E-state index contributed by atoms with van der Waals surface area (Å²) in [6.07, 6.45) is 3.17. The van der Waals surface area contributed by atoms with Gasteiger partial charge in [0, 0.05) is 32.3 Å². The molecule has 0 N–H and O–H groups in total.